The Morgan fingerprint density at radius 1 is 0.475 bits per heavy atom. The molecule has 272 valence electrons. The van der Waals surface area contributed by atoms with Crippen molar-refractivity contribution in [2.45, 2.75) is 0 Å². The summed E-state index contributed by atoms with van der Waals surface area (Å²) in [6.45, 7) is 0. The molecule has 5 heterocycles. The third-order valence-electron chi connectivity index (χ3n) is 12.1. The van der Waals surface area contributed by atoms with Crippen molar-refractivity contribution in [3.8, 4) is 45.7 Å². The van der Waals surface area contributed by atoms with Crippen LogP contribution in [0.3, 0.4) is 0 Å². The summed E-state index contributed by atoms with van der Waals surface area (Å²) in [6.07, 6.45) is 0. The Morgan fingerprint density at radius 2 is 1.03 bits per heavy atom. The van der Waals surface area contributed by atoms with E-state index in [2.05, 4.69) is 112 Å². The number of furan rings is 1. The Morgan fingerprint density at radius 3 is 1.71 bits per heavy atom. The van der Waals surface area contributed by atoms with Crippen LogP contribution >= 0.6 is 0 Å². The fourth-order valence-corrected chi connectivity index (χ4v) is 9.70. The lowest BCUT2D eigenvalue weighted by Crippen LogP contribution is -2.02. The molecule has 0 amide bonds. The van der Waals surface area contributed by atoms with Crippen molar-refractivity contribution in [2.75, 3.05) is 0 Å². The van der Waals surface area contributed by atoms with E-state index in [1.165, 1.54) is 48.9 Å². The largest absolute Gasteiger partial charge is 0.454 e. The first kappa shape index (κ1) is 31.9. The van der Waals surface area contributed by atoms with Crippen LogP contribution in [0.5, 0.6) is 0 Å². The molecule has 5 aromatic heterocycles. The fraction of sp³-hybridized carbons (Fsp3) is 0. The highest BCUT2D eigenvalue weighted by atomic mass is 16.3. The van der Waals surface area contributed by atoms with E-state index < -0.39 is 0 Å². The van der Waals surface area contributed by atoms with Gasteiger partial charge in [0.2, 0.25) is 0 Å². The molecule has 13 aromatic rings. The summed E-state index contributed by atoms with van der Waals surface area (Å²) in [4.78, 5) is 10.4. The number of benzene rings is 8. The highest BCUT2D eigenvalue weighted by molar-refractivity contribution is 6.36. The highest BCUT2D eigenvalue weighted by Crippen LogP contribution is 2.48. The van der Waals surface area contributed by atoms with Crippen molar-refractivity contribution in [3.63, 3.8) is 0 Å². The van der Waals surface area contributed by atoms with E-state index in [0.717, 1.165) is 55.3 Å². The lowest BCUT2D eigenvalue weighted by molar-refractivity contribution is 0.666. The van der Waals surface area contributed by atoms with Crippen LogP contribution < -0.4 is 0 Å². The van der Waals surface area contributed by atoms with Crippen molar-refractivity contribution < 1.29 is 4.42 Å². The molecule has 13 rings (SSSR count). The average Bonchev–Trinajstić information content (AvgIpc) is 4.05. The molecular formula is C53H29N5O. The topological polar surface area (TPSA) is 72.0 Å². The van der Waals surface area contributed by atoms with Gasteiger partial charge in [0, 0.05) is 59.8 Å². The first-order valence-electron chi connectivity index (χ1n) is 19.7. The van der Waals surface area contributed by atoms with Crippen molar-refractivity contribution in [3.05, 3.63) is 181 Å². The van der Waals surface area contributed by atoms with Gasteiger partial charge in [0.15, 0.2) is 11.4 Å². The van der Waals surface area contributed by atoms with Gasteiger partial charge in [-0.25, -0.2) is 9.97 Å². The maximum Gasteiger partial charge on any atom is 0.161 e. The van der Waals surface area contributed by atoms with Crippen LogP contribution in [0.25, 0.3) is 121 Å². The zero-order chi connectivity index (χ0) is 38.8. The number of fused-ring (bicyclic) bond motifs is 13. The number of rotatable bonds is 4. The molecule has 0 aliphatic rings. The highest BCUT2D eigenvalue weighted by Gasteiger charge is 2.27. The minimum absolute atomic E-state index is 0.434. The normalized spacial score (nSPS) is 12.1. The second kappa shape index (κ2) is 11.9. The van der Waals surface area contributed by atoms with Gasteiger partial charge in [0.05, 0.1) is 44.7 Å². The van der Waals surface area contributed by atoms with Gasteiger partial charge in [-0.05, 0) is 42.5 Å². The van der Waals surface area contributed by atoms with Crippen LogP contribution in [0.4, 0.5) is 0 Å². The van der Waals surface area contributed by atoms with E-state index in [1.54, 1.807) is 0 Å². The third kappa shape index (κ3) is 4.28. The molecule has 59 heavy (non-hydrogen) atoms. The number of aromatic nitrogens is 4. The van der Waals surface area contributed by atoms with Crippen molar-refractivity contribution in [2.24, 2.45) is 0 Å². The van der Waals surface area contributed by atoms with Crippen LogP contribution in [0, 0.1) is 11.3 Å². The number of hydrogen-bond donors (Lipinski definition) is 0. The minimum Gasteiger partial charge on any atom is -0.454 e. The van der Waals surface area contributed by atoms with Gasteiger partial charge in [-0.2, -0.15) is 5.26 Å². The summed E-state index contributed by atoms with van der Waals surface area (Å²) in [5.41, 5.74) is 12.4. The molecule has 0 aliphatic carbocycles. The molecule has 6 heteroatoms. The van der Waals surface area contributed by atoms with Crippen LogP contribution in [-0.4, -0.2) is 18.9 Å². The maximum absolute atomic E-state index is 10.6. The second-order valence-electron chi connectivity index (χ2n) is 15.2. The molecule has 0 saturated heterocycles. The number of hydrogen-bond acceptors (Lipinski definition) is 4. The van der Waals surface area contributed by atoms with Crippen molar-refractivity contribution in [1.29, 1.82) is 5.26 Å². The number of nitrogens with zero attached hydrogens (tertiary/aromatic N) is 5. The maximum atomic E-state index is 10.6. The van der Waals surface area contributed by atoms with E-state index in [-0.39, 0.29) is 0 Å². The first-order valence-corrected chi connectivity index (χ1v) is 19.7. The molecule has 0 spiro atoms. The fourth-order valence-electron chi connectivity index (χ4n) is 9.70. The Balaban J connectivity index is 1.17. The van der Waals surface area contributed by atoms with E-state index in [9.17, 15) is 5.26 Å². The Bertz CT molecular complexity index is 3840. The van der Waals surface area contributed by atoms with Gasteiger partial charge in [-0.1, -0.05) is 133 Å². The molecule has 6 nitrogen and oxygen atoms in total. The SMILES string of the molecule is N#Cc1c(-c2ccccc2)nc(-c2ccc(-n3c4ccccc4c4c5c6ccccc6n6c7ccccc7c(cc43)c56)c3oc4ccccc4c23)nc1-c1ccccc1. The Labute approximate surface area is 336 Å². The lowest BCUT2D eigenvalue weighted by atomic mass is 9.99. The van der Waals surface area contributed by atoms with Crippen LogP contribution in [-0.2, 0) is 0 Å². The lowest BCUT2D eigenvalue weighted by Gasteiger charge is -2.14. The monoisotopic (exact) mass is 751 g/mol. The summed E-state index contributed by atoms with van der Waals surface area (Å²) in [5, 5.41) is 19.8. The van der Waals surface area contributed by atoms with Gasteiger partial charge in [0.1, 0.15) is 17.2 Å². The Kier molecular flexibility index (Phi) is 6.42. The summed E-state index contributed by atoms with van der Waals surface area (Å²) >= 11 is 0. The molecule has 0 N–H and O–H groups in total. The summed E-state index contributed by atoms with van der Waals surface area (Å²) in [7, 11) is 0. The molecule has 0 bridgehead atoms. The minimum atomic E-state index is 0.434. The Hall–Kier alpha value is -8.27. The average molecular weight is 752 g/mol. The van der Waals surface area contributed by atoms with Crippen molar-refractivity contribution in [1.82, 2.24) is 18.9 Å². The summed E-state index contributed by atoms with van der Waals surface area (Å²) in [6, 6.07) is 63.3. The quantitative estimate of drug-likeness (QED) is 0.179. The van der Waals surface area contributed by atoms with Gasteiger partial charge >= 0.3 is 0 Å². The molecule has 0 unspecified atom stereocenters. The molecule has 0 aliphatic heterocycles. The molecular weight excluding hydrogens is 723 g/mol. The van der Waals surface area contributed by atoms with E-state index >= 15 is 0 Å². The zero-order valence-electron chi connectivity index (χ0n) is 31.4. The van der Waals surface area contributed by atoms with Gasteiger partial charge in [-0.3, -0.25) is 0 Å². The van der Waals surface area contributed by atoms with Crippen LogP contribution in [0.2, 0.25) is 0 Å². The molecule has 0 radical (unpaired) electrons. The third-order valence-corrected chi connectivity index (χ3v) is 12.1. The summed E-state index contributed by atoms with van der Waals surface area (Å²) < 4.78 is 11.8. The van der Waals surface area contributed by atoms with E-state index in [0.29, 0.717) is 22.8 Å². The first-order chi connectivity index (χ1) is 29.3. The standard InChI is InChI=1S/C53H29N5O/c54-30-39-49(31-15-3-1-4-16-31)55-53(56-50(39)32-17-5-2-6-18-32)37-27-28-43(52-46(37)36-22-10-14-26-45(36)59-52)57-41-24-12-8-20-34(41)47-44(57)29-38-33-19-7-11-23-40(33)58-42-25-13-9-21-35(42)48(47)51(38)58/h1-29H. The zero-order valence-corrected chi connectivity index (χ0v) is 31.4. The van der Waals surface area contributed by atoms with Crippen molar-refractivity contribution >= 4 is 81.8 Å². The predicted molar refractivity (Wildman–Crippen MR) is 239 cm³/mol. The number of para-hydroxylation sites is 4. The smallest absolute Gasteiger partial charge is 0.161 e. The van der Waals surface area contributed by atoms with Crippen LogP contribution in [0.1, 0.15) is 5.56 Å². The molecule has 0 fully saturated rings. The predicted octanol–water partition coefficient (Wildman–Crippen LogP) is 13.5. The molecule has 8 aromatic carbocycles. The van der Waals surface area contributed by atoms with E-state index in [4.69, 9.17) is 14.4 Å². The van der Waals surface area contributed by atoms with E-state index in [1.807, 2.05) is 78.9 Å². The molecule has 0 atom stereocenters. The van der Waals surface area contributed by atoms with Gasteiger partial charge in [0.25, 0.3) is 0 Å². The number of nitriles is 1. The second-order valence-corrected chi connectivity index (χ2v) is 15.2. The molecule has 0 saturated carbocycles. The summed E-state index contributed by atoms with van der Waals surface area (Å²) in [5.74, 6) is 0.520. The van der Waals surface area contributed by atoms with Gasteiger partial charge in [-0.15, -0.1) is 0 Å². The van der Waals surface area contributed by atoms with Gasteiger partial charge < -0.3 is 13.4 Å². The van der Waals surface area contributed by atoms with Crippen LogP contribution in [0.15, 0.2) is 180 Å².